The van der Waals surface area contributed by atoms with Gasteiger partial charge in [0.15, 0.2) is 9.84 Å². The highest BCUT2D eigenvalue weighted by Crippen LogP contribution is 2.29. The first-order valence-electron chi connectivity index (χ1n) is 7.85. The largest absolute Gasteiger partial charge is 0.290 e. The van der Waals surface area contributed by atoms with Gasteiger partial charge in [0.25, 0.3) is 0 Å². The molecule has 0 bridgehead atoms. The van der Waals surface area contributed by atoms with E-state index in [1.807, 2.05) is 13.8 Å². The van der Waals surface area contributed by atoms with Crippen molar-refractivity contribution in [1.29, 1.82) is 0 Å². The maximum Gasteiger partial charge on any atom is 0.153 e. The van der Waals surface area contributed by atoms with E-state index in [4.69, 9.17) is 5.10 Å². The molecule has 0 unspecified atom stereocenters. The molecule has 1 aromatic rings. The van der Waals surface area contributed by atoms with Crippen LogP contribution < -0.4 is 0 Å². The van der Waals surface area contributed by atoms with E-state index < -0.39 is 9.84 Å². The molecule has 0 N–H and O–H groups in total. The van der Waals surface area contributed by atoms with Crippen molar-refractivity contribution < 1.29 is 8.42 Å². The van der Waals surface area contributed by atoms with Crippen molar-refractivity contribution in [2.45, 2.75) is 57.7 Å². The van der Waals surface area contributed by atoms with Crippen molar-refractivity contribution in [3.63, 3.8) is 0 Å². The normalized spacial score (nSPS) is 26.2. The summed E-state index contributed by atoms with van der Waals surface area (Å²) in [6.45, 7) is 5.36. The Morgan fingerprint density at radius 2 is 2.05 bits per heavy atom. The van der Waals surface area contributed by atoms with E-state index >= 15 is 0 Å². The molecule has 1 aliphatic carbocycles. The molecule has 2 aliphatic rings. The summed E-state index contributed by atoms with van der Waals surface area (Å²) in [5.41, 5.74) is 0.739. The lowest BCUT2D eigenvalue weighted by atomic mass is 10.1. The molecule has 0 aromatic carbocycles. The molecule has 21 heavy (non-hydrogen) atoms. The van der Waals surface area contributed by atoms with Gasteiger partial charge in [0.05, 0.1) is 23.2 Å². The van der Waals surface area contributed by atoms with E-state index in [2.05, 4.69) is 21.8 Å². The molecule has 1 saturated heterocycles. The molecule has 2 fully saturated rings. The lowest BCUT2D eigenvalue weighted by Gasteiger charge is -2.41. The summed E-state index contributed by atoms with van der Waals surface area (Å²) in [6, 6.07) is 2.64. The molecule has 1 saturated carbocycles. The average molecular weight is 311 g/mol. The van der Waals surface area contributed by atoms with Gasteiger partial charge in [0, 0.05) is 24.8 Å². The summed E-state index contributed by atoms with van der Waals surface area (Å²) in [6.07, 6.45) is 7.15. The summed E-state index contributed by atoms with van der Waals surface area (Å²) in [7, 11) is -2.89. The van der Waals surface area contributed by atoms with Crippen molar-refractivity contribution in [2.24, 2.45) is 0 Å². The van der Waals surface area contributed by atoms with Crippen LogP contribution in [0.3, 0.4) is 0 Å². The molecule has 0 radical (unpaired) electrons. The molecule has 118 valence electrons. The van der Waals surface area contributed by atoms with Gasteiger partial charge in [-0.05, 0) is 32.8 Å². The van der Waals surface area contributed by atoms with Crippen LogP contribution in [-0.4, -0.2) is 46.7 Å². The monoisotopic (exact) mass is 311 g/mol. The molecule has 1 aliphatic heterocycles. The summed E-state index contributed by atoms with van der Waals surface area (Å²) < 4.78 is 25.7. The first-order valence-corrected chi connectivity index (χ1v) is 9.67. The topological polar surface area (TPSA) is 55.2 Å². The predicted octanol–water partition coefficient (Wildman–Crippen LogP) is 2.01. The Bertz CT molecular complexity index is 600. The molecular formula is C15H25N3O2S. The van der Waals surface area contributed by atoms with Gasteiger partial charge in [-0.2, -0.15) is 5.10 Å². The molecule has 5 nitrogen and oxygen atoms in total. The van der Waals surface area contributed by atoms with Crippen LogP contribution in [0.2, 0.25) is 0 Å². The maximum atomic E-state index is 11.8. The smallest absolute Gasteiger partial charge is 0.153 e. The number of hydrogen-bond acceptors (Lipinski definition) is 4. The molecule has 3 rings (SSSR count). The van der Waals surface area contributed by atoms with E-state index in [1.54, 1.807) is 0 Å². The summed E-state index contributed by atoms with van der Waals surface area (Å²) in [5, 5.41) is 4.71. The molecule has 2 heterocycles. The summed E-state index contributed by atoms with van der Waals surface area (Å²) >= 11 is 0. The van der Waals surface area contributed by atoms with Gasteiger partial charge in [-0.1, -0.05) is 12.8 Å². The van der Waals surface area contributed by atoms with Crippen LogP contribution in [0.1, 0.15) is 51.3 Å². The number of nitrogens with zero attached hydrogens (tertiary/aromatic N) is 3. The fourth-order valence-electron chi connectivity index (χ4n) is 3.58. The van der Waals surface area contributed by atoms with Crippen LogP contribution in [0.5, 0.6) is 0 Å². The van der Waals surface area contributed by atoms with Crippen LogP contribution in [0, 0.1) is 0 Å². The standard InChI is InChI=1S/C15H25N3O2S/c1-15(2)12-21(19,20)10-9-17(15)11-13-7-8-18(16-13)14-5-3-4-6-14/h7-8,14H,3-6,9-12H2,1-2H3. The minimum Gasteiger partial charge on any atom is -0.290 e. The average Bonchev–Trinajstić information content (AvgIpc) is 3.02. The van der Waals surface area contributed by atoms with E-state index in [-0.39, 0.29) is 17.0 Å². The first-order chi connectivity index (χ1) is 9.86. The number of hydrogen-bond donors (Lipinski definition) is 0. The highest BCUT2D eigenvalue weighted by Gasteiger charge is 2.37. The Hall–Kier alpha value is -0.880. The lowest BCUT2D eigenvalue weighted by molar-refractivity contribution is 0.129. The van der Waals surface area contributed by atoms with Gasteiger partial charge in [0.2, 0.25) is 0 Å². The summed E-state index contributed by atoms with van der Waals surface area (Å²) in [4.78, 5) is 2.25. The molecule has 6 heteroatoms. The minimum absolute atomic E-state index is 0.239. The third-order valence-electron chi connectivity index (χ3n) is 4.82. The quantitative estimate of drug-likeness (QED) is 0.857. The zero-order valence-electron chi connectivity index (χ0n) is 13.0. The third-order valence-corrected chi connectivity index (χ3v) is 6.77. The third kappa shape index (κ3) is 3.31. The fraction of sp³-hybridized carbons (Fsp3) is 0.800. The van der Waals surface area contributed by atoms with Crippen LogP contribution >= 0.6 is 0 Å². The van der Waals surface area contributed by atoms with Crippen molar-refractivity contribution in [1.82, 2.24) is 14.7 Å². The number of rotatable bonds is 3. The maximum absolute atomic E-state index is 11.8. The van der Waals surface area contributed by atoms with Crippen LogP contribution in [0.25, 0.3) is 0 Å². The lowest BCUT2D eigenvalue weighted by Crippen LogP contribution is -2.54. The Morgan fingerprint density at radius 3 is 2.71 bits per heavy atom. The van der Waals surface area contributed by atoms with E-state index in [0.717, 1.165) is 12.2 Å². The van der Waals surface area contributed by atoms with Crippen LogP contribution in [0.4, 0.5) is 0 Å². The van der Waals surface area contributed by atoms with E-state index in [1.165, 1.54) is 25.7 Å². The van der Waals surface area contributed by atoms with Gasteiger partial charge in [-0.25, -0.2) is 8.42 Å². The summed E-state index contributed by atoms with van der Waals surface area (Å²) in [5.74, 6) is 0.503. The SMILES string of the molecule is CC1(C)CS(=O)(=O)CCN1Cc1ccn(C2CCCC2)n1. The highest BCUT2D eigenvalue weighted by molar-refractivity contribution is 7.91. The van der Waals surface area contributed by atoms with Crippen molar-refractivity contribution in [3.05, 3.63) is 18.0 Å². The highest BCUT2D eigenvalue weighted by atomic mass is 32.2. The van der Waals surface area contributed by atoms with E-state index in [0.29, 0.717) is 12.6 Å². The van der Waals surface area contributed by atoms with Crippen LogP contribution in [0.15, 0.2) is 12.3 Å². The van der Waals surface area contributed by atoms with Gasteiger partial charge in [-0.15, -0.1) is 0 Å². The first kappa shape index (κ1) is 15.0. The second-order valence-corrected chi connectivity index (χ2v) is 9.24. The number of aromatic nitrogens is 2. The Balaban J connectivity index is 1.69. The van der Waals surface area contributed by atoms with Crippen molar-refractivity contribution in [3.8, 4) is 0 Å². The van der Waals surface area contributed by atoms with Crippen LogP contribution in [-0.2, 0) is 16.4 Å². The molecule has 0 amide bonds. The van der Waals surface area contributed by atoms with Gasteiger partial charge < -0.3 is 0 Å². The Kier molecular flexibility index (Phi) is 3.86. The number of sulfone groups is 1. The second-order valence-electron chi connectivity index (χ2n) is 7.05. The van der Waals surface area contributed by atoms with Crippen molar-refractivity contribution >= 4 is 9.84 Å². The Labute approximate surface area is 127 Å². The van der Waals surface area contributed by atoms with Crippen molar-refractivity contribution in [2.75, 3.05) is 18.1 Å². The molecule has 0 spiro atoms. The molecular weight excluding hydrogens is 286 g/mol. The second kappa shape index (κ2) is 5.39. The molecule has 0 atom stereocenters. The van der Waals surface area contributed by atoms with E-state index in [9.17, 15) is 8.42 Å². The molecule has 1 aromatic heterocycles. The van der Waals surface area contributed by atoms with Gasteiger partial charge in [0.1, 0.15) is 0 Å². The van der Waals surface area contributed by atoms with Gasteiger partial charge >= 0.3 is 0 Å². The predicted molar refractivity (Wildman–Crippen MR) is 82.9 cm³/mol. The Morgan fingerprint density at radius 1 is 1.33 bits per heavy atom. The zero-order chi connectivity index (χ0) is 15.1. The fourth-order valence-corrected chi connectivity index (χ4v) is 5.48. The van der Waals surface area contributed by atoms with Gasteiger partial charge in [-0.3, -0.25) is 9.58 Å². The zero-order valence-corrected chi connectivity index (χ0v) is 13.8. The minimum atomic E-state index is -2.89.